The van der Waals surface area contributed by atoms with Crippen LogP contribution >= 0.6 is 11.8 Å². The van der Waals surface area contributed by atoms with Crippen LogP contribution in [0.5, 0.6) is 0 Å². The fourth-order valence-corrected chi connectivity index (χ4v) is 7.00. The van der Waals surface area contributed by atoms with Crippen LogP contribution in [0.15, 0.2) is 30.6 Å². The third-order valence-corrected chi connectivity index (χ3v) is 9.64. The molecule has 0 amide bonds. The molecular weight excluding hydrogens is 533 g/mol. The van der Waals surface area contributed by atoms with E-state index in [-0.39, 0.29) is 10.9 Å². The van der Waals surface area contributed by atoms with Gasteiger partial charge in [-0.25, -0.2) is 4.39 Å². The second kappa shape index (κ2) is 14.6. The Morgan fingerprint density at radius 1 is 1.22 bits per heavy atom. The minimum Gasteiger partial charge on any atom is -0.368 e. The Labute approximate surface area is 249 Å². The van der Waals surface area contributed by atoms with Crippen LogP contribution in [0.3, 0.4) is 0 Å². The smallest absolute Gasteiger partial charge is 0.189 e. The van der Waals surface area contributed by atoms with Gasteiger partial charge < -0.3 is 10.2 Å². The summed E-state index contributed by atoms with van der Waals surface area (Å²) in [6, 6.07) is 5.59. The summed E-state index contributed by atoms with van der Waals surface area (Å²) in [6.45, 7) is 12.1. The number of halogens is 1. The summed E-state index contributed by atoms with van der Waals surface area (Å²) in [4.78, 5) is 18.6. The summed E-state index contributed by atoms with van der Waals surface area (Å²) in [5.74, 6) is 1.14. The molecule has 0 radical (unpaired) electrons. The first-order valence-electron chi connectivity index (χ1n) is 15.5. The SMILES string of the molecule is CCCC(=O)SCc1cc(F)c2nn(C)cc2c1.CCCc1c(N2CCNC(CC)(CC3CCC3)C2)ccnc1C. The fraction of sp³-hybridized carbons (Fsp3) is 0.606. The van der Waals surface area contributed by atoms with Crippen LogP contribution in [0.1, 0.15) is 89.0 Å². The van der Waals surface area contributed by atoms with Crippen LogP contribution in [0, 0.1) is 18.7 Å². The number of aromatic nitrogens is 3. The van der Waals surface area contributed by atoms with E-state index in [9.17, 15) is 9.18 Å². The molecule has 1 unspecified atom stereocenters. The van der Waals surface area contributed by atoms with Crippen molar-refractivity contribution in [3.05, 3.63) is 53.2 Å². The molecule has 1 aliphatic carbocycles. The van der Waals surface area contributed by atoms with E-state index >= 15 is 0 Å². The van der Waals surface area contributed by atoms with Crippen LogP contribution in [-0.2, 0) is 24.0 Å². The number of benzene rings is 1. The Morgan fingerprint density at radius 3 is 2.71 bits per heavy atom. The first kappa shape index (κ1) is 31.5. The number of aryl methyl sites for hydroxylation is 2. The zero-order valence-corrected chi connectivity index (χ0v) is 26.5. The van der Waals surface area contributed by atoms with Gasteiger partial charge in [0.05, 0.1) is 0 Å². The van der Waals surface area contributed by atoms with Gasteiger partial charge in [-0.1, -0.05) is 58.2 Å². The van der Waals surface area contributed by atoms with E-state index in [1.807, 2.05) is 19.2 Å². The Hall–Kier alpha value is -2.45. The van der Waals surface area contributed by atoms with E-state index in [2.05, 4.69) is 47.1 Å². The number of nitrogens with one attached hydrogen (secondary N) is 1. The van der Waals surface area contributed by atoms with Crippen molar-refractivity contribution < 1.29 is 9.18 Å². The van der Waals surface area contributed by atoms with Crippen LogP contribution in [0.25, 0.3) is 10.9 Å². The molecule has 0 bridgehead atoms. The third-order valence-electron chi connectivity index (χ3n) is 8.63. The van der Waals surface area contributed by atoms with E-state index in [0.29, 0.717) is 23.2 Å². The van der Waals surface area contributed by atoms with E-state index < -0.39 is 0 Å². The second-order valence-corrected chi connectivity index (χ2v) is 12.9. The van der Waals surface area contributed by atoms with Crippen LogP contribution < -0.4 is 10.2 Å². The quantitative estimate of drug-likeness (QED) is 0.270. The van der Waals surface area contributed by atoms with Crippen molar-refractivity contribution in [2.45, 2.75) is 96.8 Å². The average Bonchev–Trinajstić information content (AvgIpc) is 3.32. The standard InChI is InChI=1S/C20H33N3.C13H15FN2OS/c1-4-7-18-16(3)21-11-10-19(18)23-13-12-22-20(5-2,15-23)14-17-8-6-9-17;1-3-4-12(17)18-8-9-5-10-7-16(2)15-13(10)11(14)6-9/h10-11,17,22H,4-9,12-15H2,1-3H3;5-7H,3-4,8H2,1-2H3. The molecule has 1 saturated carbocycles. The minimum atomic E-state index is -0.327. The molecule has 1 aromatic carbocycles. The molecule has 2 aromatic heterocycles. The summed E-state index contributed by atoms with van der Waals surface area (Å²) >= 11 is 1.25. The third kappa shape index (κ3) is 8.10. The zero-order valence-electron chi connectivity index (χ0n) is 25.6. The Kier molecular flexibility index (Phi) is 11.2. The van der Waals surface area contributed by atoms with E-state index in [1.165, 1.54) is 73.3 Å². The lowest BCUT2D eigenvalue weighted by Crippen LogP contribution is -2.61. The molecule has 3 aromatic rings. The second-order valence-electron chi connectivity index (χ2n) is 11.9. The van der Waals surface area contributed by atoms with Gasteiger partial charge >= 0.3 is 0 Å². The van der Waals surface area contributed by atoms with Gasteiger partial charge in [-0.2, -0.15) is 5.10 Å². The Balaban J connectivity index is 0.000000195. The molecule has 2 aliphatic rings. The Morgan fingerprint density at radius 2 is 2.02 bits per heavy atom. The first-order valence-corrected chi connectivity index (χ1v) is 16.5. The van der Waals surface area contributed by atoms with Crippen molar-refractivity contribution in [2.24, 2.45) is 13.0 Å². The number of piperazine rings is 1. The molecule has 1 atom stereocenters. The van der Waals surface area contributed by atoms with Crippen molar-refractivity contribution in [1.82, 2.24) is 20.1 Å². The average molecular weight is 582 g/mol. The predicted octanol–water partition coefficient (Wildman–Crippen LogP) is 7.36. The first-order chi connectivity index (χ1) is 19.8. The van der Waals surface area contributed by atoms with Gasteiger partial charge in [-0.05, 0) is 67.9 Å². The number of rotatable bonds is 10. The van der Waals surface area contributed by atoms with Crippen molar-refractivity contribution in [3.63, 3.8) is 0 Å². The molecule has 6 nitrogen and oxygen atoms in total. The molecule has 3 heterocycles. The molecular formula is C33H48FN5OS. The lowest BCUT2D eigenvalue weighted by Gasteiger charge is -2.47. The number of thioether (sulfide) groups is 1. The summed E-state index contributed by atoms with van der Waals surface area (Å²) in [5.41, 5.74) is 5.62. The van der Waals surface area contributed by atoms with Gasteiger partial charge in [-0.15, -0.1) is 0 Å². The number of nitrogens with zero attached hydrogens (tertiary/aromatic N) is 4. The topological polar surface area (TPSA) is 63.1 Å². The van der Waals surface area contributed by atoms with Crippen LogP contribution in [0.2, 0.25) is 0 Å². The molecule has 0 spiro atoms. The van der Waals surface area contributed by atoms with Gasteiger partial charge in [0.25, 0.3) is 0 Å². The molecule has 224 valence electrons. The number of pyridine rings is 1. The minimum absolute atomic E-state index is 0.157. The van der Waals surface area contributed by atoms with Crippen molar-refractivity contribution in [2.75, 3.05) is 24.5 Å². The summed E-state index contributed by atoms with van der Waals surface area (Å²) < 4.78 is 15.4. The van der Waals surface area contributed by atoms with Gasteiger partial charge in [0.15, 0.2) is 10.9 Å². The summed E-state index contributed by atoms with van der Waals surface area (Å²) in [7, 11) is 1.76. The number of anilines is 1. The van der Waals surface area contributed by atoms with Gasteiger partial charge in [-0.3, -0.25) is 14.5 Å². The van der Waals surface area contributed by atoms with Crippen LogP contribution in [0.4, 0.5) is 10.1 Å². The van der Waals surface area contributed by atoms with E-state index in [4.69, 9.17) is 0 Å². The fourth-order valence-electron chi connectivity index (χ4n) is 6.16. The zero-order chi connectivity index (χ0) is 29.4. The van der Waals surface area contributed by atoms with Gasteiger partial charge in [0.2, 0.25) is 0 Å². The highest BCUT2D eigenvalue weighted by Crippen LogP contribution is 2.37. The number of carbonyl (C=O) groups excluding carboxylic acids is 1. The largest absolute Gasteiger partial charge is 0.368 e. The molecule has 1 saturated heterocycles. The molecule has 1 aliphatic heterocycles. The predicted molar refractivity (Wildman–Crippen MR) is 170 cm³/mol. The normalized spacial score (nSPS) is 19.1. The lowest BCUT2D eigenvalue weighted by molar-refractivity contribution is -0.111. The lowest BCUT2D eigenvalue weighted by atomic mass is 9.74. The van der Waals surface area contributed by atoms with Crippen molar-refractivity contribution >= 4 is 33.5 Å². The maximum Gasteiger partial charge on any atom is 0.189 e. The van der Waals surface area contributed by atoms with Gasteiger partial charge in [0, 0.05) is 73.6 Å². The summed E-state index contributed by atoms with van der Waals surface area (Å²) in [5, 5.41) is 8.87. The number of hydrogen-bond acceptors (Lipinski definition) is 6. The molecule has 8 heteroatoms. The van der Waals surface area contributed by atoms with E-state index in [0.717, 1.165) is 49.3 Å². The van der Waals surface area contributed by atoms with Crippen molar-refractivity contribution in [3.8, 4) is 0 Å². The number of carbonyl (C=O) groups is 1. The number of hydrogen-bond donors (Lipinski definition) is 1. The highest BCUT2D eigenvalue weighted by atomic mass is 32.2. The maximum absolute atomic E-state index is 13.8. The molecule has 41 heavy (non-hydrogen) atoms. The molecule has 5 rings (SSSR count). The number of fused-ring (bicyclic) bond motifs is 1. The maximum atomic E-state index is 13.8. The Bertz CT molecular complexity index is 1310. The molecule has 1 N–H and O–H groups in total. The van der Waals surface area contributed by atoms with Crippen LogP contribution in [-0.4, -0.2) is 45.1 Å². The molecule has 2 fully saturated rings. The monoisotopic (exact) mass is 581 g/mol. The van der Waals surface area contributed by atoms with Gasteiger partial charge in [0.1, 0.15) is 5.52 Å². The van der Waals surface area contributed by atoms with E-state index in [1.54, 1.807) is 17.9 Å². The highest BCUT2D eigenvalue weighted by Gasteiger charge is 2.37. The highest BCUT2D eigenvalue weighted by molar-refractivity contribution is 8.12. The summed E-state index contributed by atoms with van der Waals surface area (Å²) in [6.07, 6.45) is 14.4. The van der Waals surface area contributed by atoms with Crippen molar-refractivity contribution in [1.29, 1.82) is 0 Å².